The molecular formula is C13H21NO4S. The molecular weight excluding hydrogens is 266 g/mol. The molecule has 6 heteroatoms. The number of likely N-dealkylation sites (N-methyl/N-ethyl adjacent to an activating group) is 1. The van der Waals surface area contributed by atoms with Crippen molar-refractivity contribution >= 4 is 10.0 Å². The van der Waals surface area contributed by atoms with Crippen LogP contribution in [-0.2, 0) is 14.8 Å². The molecule has 0 radical (unpaired) electrons. The van der Waals surface area contributed by atoms with Gasteiger partial charge < -0.3 is 9.84 Å². The molecule has 1 N–H and O–H groups in total. The molecule has 0 amide bonds. The van der Waals surface area contributed by atoms with Gasteiger partial charge in [-0.2, -0.15) is 4.31 Å². The van der Waals surface area contributed by atoms with Gasteiger partial charge in [-0.15, -0.1) is 0 Å². The summed E-state index contributed by atoms with van der Waals surface area (Å²) < 4.78 is 30.6. The minimum atomic E-state index is -3.58. The topological polar surface area (TPSA) is 66.8 Å². The van der Waals surface area contributed by atoms with Crippen molar-refractivity contribution in [1.82, 2.24) is 4.31 Å². The van der Waals surface area contributed by atoms with Crippen LogP contribution in [0.4, 0.5) is 0 Å². The quantitative estimate of drug-likeness (QED) is 0.845. The molecule has 0 bridgehead atoms. The average molecular weight is 287 g/mol. The Labute approximate surface area is 114 Å². The van der Waals surface area contributed by atoms with E-state index in [0.717, 1.165) is 15.4 Å². The molecule has 108 valence electrons. The first kappa shape index (κ1) is 16.1. The first-order valence-electron chi connectivity index (χ1n) is 5.99. The van der Waals surface area contributed by atoms with Crippen LogP contribution in [0.1, 0.15) is 11.1 Å². The lowest BCUT2D eigenvalue weighted by molar-refractivity contribution is 0.0554. The SMILES string of the molecule is COCC(O)CN(C)S(=O)(=O)c1cc(C)cc(C)c1. The van der Waals surface area contributed by atoms with E-state index in [-0.39, 0.29) is 18.0 Å². The van der Waals surface area contributed by atoms with Crippen LogP contribution in [0.25, 0.3) is 0 Å². The Morgan fingerprint density at radius 1 is 1.26 bits per heavy atom. The first-order chi connectivity index (χ1) is 8.77. The van der Waals surface area contributed by atoms with E-state index in [0.29, 0.717) is 0 Å². The molecule has 0 aliphatic heterocycles. The fraction of sp³-hybridized carbons (Fsp3) is 0.538. The fourth-order valence-electron chi connectivity index (χ4n) is 1.90. The summed E-state index contributed by atoms with van der Waals surface area (Å²) in [6, 6.07) is 5.17. The van der Waals surface area contributed by atoms with Crippen molar-refractivity contribution in [2.24, 2.45) is 0 Å². The van der Waals surface area contributed by atoms with Gasteiger partial charge in [0.05, 0.1) is 17.6 Å². The van der Waals surface area contributed by atoms with Gasteiger partial charge in [-0.05, 0) is 37.1 Å². The molecule has 0 heterocycles. The lowest BCUT2D eigenvalue weighted by atomic mass is 10.2. The van der Waals surface area contributed by atoms with E-state index < -0.39 is 16.1 Å². The second-order valence-electron chi connectivity index (χ2n) is 4.72. The molecule has 1 aromatic carbocycles. The van der Waals surface area contributed by atoms with Crippen molar-refractivity contribution in [3.63, 3.8) is 0 Å². The van der Waals surface area contributed by atoms with Gasteiger partial charge in [0, 0.05) is 20.7 Å². The van der Waals surface area contributed by atoms with Gasteiger partial charge in [0.15, 0.2) is 0 Å². The summed E-state index contributed by atoms with van der Waals surface area (Å²) in [5.41, 5.74) is 1.79. The lowest BCUT2D eigenvalue weighted by Gasteiger charge is -2.20. The smallest absolute Gasteiger partial charge is 0.242 e. The number of aryl methyl sites for hydroxylation is 2. The second-order valence-corrected chi connectivity index (χ2v) is 6.76. The van der Waals surface area contributed by atoms with Crippen molar-refractivity contribution in [3.05, 3.63) is 29.3 Å². The van der Waals surface area contributed by atoms with Crippen molar-refractivity contribution in [2.75, 3.05) is 27.3 Å². The van der Waals surface area contributed by atoms with E-state index in [2.05, 4.69) is 0 Å². The maximum Gasteiger partial charge on any atom is 0.242 e. The number of aliphatic hydroxyl groups excluding tert-OH is 1. The third kappa shape index (κ3) is 4.28. The molecule has 1 rings (SSSR count). The molecule has 0 aliphatic carbocycles. The highest BCUT2D eigenvalue weighted by molar-refractivity contribution is 7.89. The Morgan fingerprint density at radius 3 is 2.26 bits per heavy atom. The van der Waals surface area contributed by atoms with Gasteiger partial charge in [-0.25, -0.2) is 8.42 Å². The monoisotopic (exact) mass is 287 g/mol. The van der Waals surface area contributed by atoms with Crippen molar-refractivity contribution < 1.29 is 18.3 Å². The number of ether oxygens (including phenoxy) is 1. The number of benzene rings is 1. The van der Waals surface area contributed by atoms with E-state index in [4.69, 9.17) is 4.74 Å². The van der Waals surface area contributed by atoms with E-state index in [1.165, 1.54) is 14.2 Å². The van der Waals surface area contributed by atoms with Crippen LogP contribution in [-0.4, -0.2) is 51.2 Å². The zero-order valence-corrected chi connectivity index (χ0v) is 12.6. The van der Waals surface area contributed by atoms with Crippen LogP contribution in [0.15, 0.2) is 23.1 Å². The fourth-order valence-corrected chi connectivity index (χ4v) is 3.30. The zero-order chi connectivity index (χ0) is 14.6. The van der Waals surface area contributed by atoms with Crippen LogP contribution >= 0.6 is 0 Å². The summed E-state index contributed by atoms with van der Waals surface area (Å²) in [6.07, 6.45) is -0.837. The maximum absolute atomic E-state index is 12.4. The summed E-state index contributed by atoms with van der Waals surface area (Å²) in [5, 5.41) is 9.61. The van der Waals surface area contributed by atoms with Crippen molar-refractivity contribution in [1.29, 1.82) is 0 Å². The Kier molecular flexibility index (Phi) is 5.49. The van der Waals surface area contributed by atoms with Gasteiger partial charge in [-0.1, -0.05) is 6.07 Å². The summed E-state index contributed by atoms with van der Waals surface area (Å²) in [5.74, 6) is 0. The van der Waals surface area contributed by atoms with Gasteiger partial charge in [0.25, 0.3) is 0 Å². The third-order valence-electron chi connectivity index (χ3n) is 2.73. The zero-order valence-electron chi connectivity index (χ0n) is 11.8. The minimum Gasteiger partial charge on any atom is -0.389 e. The van der Waals surface area contributed by atoms with Gasteiger partial charge in [-0.3, -0.25) is 0 Å². The number of aliphatic hydroxyl groups is 1. The number of hydrogen-bond donors (Lipinski definition) is 1. The van der Waals surface area contributed by atoms with Crippen molar-refractivity contribution in [3.8, 4) is 0 Å². The van der Waals surface area contributed by atoms with Crippen LogP contribution < -0.4 is 0 Å². The van der Waals surface area contributed by atoms with E-state index in [9.17, 15) is 13.5 Å². The highest BCUT2D eigenvalue weighted by atomic mass is 32.2. The number of nitrogens with zero attached hydrogens (tertiary/aromatic N) is 1. The molecule has 5 nitrogen and oxygen atoms in total. The molecule has 1 atom stereocenters. The molecule has 0 aliphatic rings. The predicted octanol–water partition coefficient (Wildman–Crippen LogP) is 0.931. The Morgan fingerprint density at radius 2 is 1.79 bits per heavy atom. The lowest BCUT2D eigenvalue weighted by Crippen LogP contribution is -2.36. The van der Waals surface area contributed by atoms with Crippen molar-refractivity contribution in [2.45, 2.75) is 24.8 Å². The molecule has 0 spiro atoms. The number of sulfonamides is 1. The highest BCUT2D eigenvalue weighted by Crippen LogP contribution is 2.18. The molecule has 1 aromatic rings. The number of methoxy groups -OCH3 is 1. The largest absolute Gasteiger partial charge is 0.389 e. The molecule has 1 unspecified atom stereocenters. The average Bonchev–Trinajstić information content (AvgIpc) is 2.27. The Balaban J connectivity index is 2.96. The standard InChI is InChI=1S/C13H21NO4S/c1-10-5-11(2)7-13(6-10)19(16,17)14(3)8-12(15)9-18-4/h5-7,12,15H,8-9H2,1-4H3. The molecule has 0 aromatic heterocycles. The normalized spacial score (nSPS) is 13.8. The van der Waals surface area contributed by atoms with Crippen LogP contribution in [0.5, 0.6) is 0 Å². The predicted molar refractivity (Wildman–Crippen MR) is 73.6 cm³/mol. The summed E-state index contributed by atoms with van der Waals surface area (Å²) in [6.45, 7) is 3.81. The van der Waals surface area contributed by atoms with Crippen LogP contribution in [0, 0.1) is 13.8 Å². The molecule has 19 heavy (non-hydrogen) atoms. The maximum atomic E-state index is 12.4. The first-order valence-corrected chi connectivity index (χ1v) is 7.43. The van der Waals surface area contributed by atoms with Crippen LogP contribution in [0.2, 0.25) is 0 Å². The van der Waals surface area contributed by atoms with Gasteiger partial charge >= 0.3 is 0 Å². The summed E-state index contributed by atoms with van der Waals surface area (Å²) in [4.78, 5) is 0.247. The Bertz CT molecular complexity index is 507. The molecule has 0 fully saturated rings. The molecule has 0 saturated carbocycles. The number of hydrogen-bond acceptors (Lipinski definition) is 4. The van der Waals surface area contributed by atoms with E-state index in [1.54, 1.807) is 12.1 Å². The highest BCUT2D eigenvalue weighted by Gasteiger charge is 2.23. The minimum absolute atomic E-state index is 0.00314. The van der Waals surface area contributed by atoms with Gasteiger partial charge in [0.1, 0.15) is 0 Å². The van der Waals surface area contributed by atoms with E-state index >= 15 is 0 Å². The van der Waals surface area contributed by atoms with Gasteiger partial charge in [0.2, 0.25) is 10.0 Å². The Hall–Kier alpha value is -0.950. The summed E-state index contributed by atoms with van der Waals surface area (Å²) >= 11 is 0. The third-order valence-corrected chi connectivity index (χ3v) is 4.53. The second kappa shape index (κ2) is 6.47. The van der Waals surface area contributed by atoms with E-state index in [1.807, 2.05) is 19.9 Å². The number of rotatable bonds is 6. The molecule has 0 saturated heterocycles. The summed E-state index contributed by atoms with van der Waals surface area (Å²) in [7, 11) is -0.669. The van der Waals surface area contributed by atoms with Crippen LogP contribution in [0.3, 0.4) is 0 Å².